The molecule has 0 aliphatic heterocycles. The van der Waals surface area contributed by atoms with E-state index in [0.29, 0.717) is 18.8 Å². The topological polar surface area (TPSA) is 66.6 Å². The van der Waals surface area contributed by atoms with Gasteiger partial charge in [0.2, 0.25) is 10.0 Å². The van der Waals surface area contributed by atoms with Gasteiger partial charge in [-0.2, -0.15) is 4.31 Å². The number of hydrogen-bond acceptors (Lipinski definition) is 4. The smallest absolute Gasteiger partial charge is 0.214 e. The minimum absolute atomic E-state index is 0.236. The Hall–Kier alpha value is -0.170. The van der Waals surface area contributed by atoms with E-state index in [0.717, 1.165) is 51.5 Å². The number of nitrogens with two attached hydrogens (primary N) is 1. The molecule has 1 aliphatic rings. The van der Waals surface area contributed by atoms with Crippen LogP contribution in [0, 0.1) is 0 Å². The Morgan fingerprint density at radius 1 is 0.913 bits per heavy atom. The zero-order chi connectivity index (χ0) is 17.1. The maximum absolute atomic E-state index is 12.8. The molecule has 2 N–H and O–H groups in total. The van der Waals surface area contributed by atoms with Crippen LogP contribution >= 0.6 is 0 Å². The third-order valence-corrected chi connectivity index (χ3v) is 6.68. The molecule has 0 amide bonds. The molecule has 23 heavy (non-hydrogen) atoms. The second-order valence-electron chi connectivity index (χ2n) is 7.08. The van der Waals surface area contributed by atoms with Gasteiger partial charge in [0.25, 0.3) is 0 Å². The molecule has 0 radical (unpaired) electrons. The first-order valence-electron chi connectivity index (χ1n) is 9.31. The fourth-order valence-electron chi connectivity index (χ4n) is 3.36. The van der Waals surface area contributed by atoms with Crippen LogP contribution in [0.15, 0.2) is 0 Å². The number of hydrogen-bond donors (Lipinski definition) is 1. The molecule has 1 rings (SSSR count). The van der Waals surface area contributed by atoms with Crippen molar-refractivity contribution in [3.63, 3.8) is 0 Å². The van der Waals surface area contributed by atoms with E-state index < -0.39 is 10.0 Å². The predicted molar refractivity (Wildman–Crippen MR) is 98.1 cm³/mol. The van der Waals surface area contributed by atoms with Gasteiger partial charge < -0.3 is 10.6 Å². The molecular formula is C17H37N3O2S. The third kappa shape index (κ3) is 8.47. The molecule has 0 heterocycles. The number of sulfonamides is 1. The highest BCUT2D eigenvalue weighted by Gasteiger charge is 2.30. The Morgan fingerprint density at radius 2 is 1.57 bits per heavy atom. The first-order chi connectivity index (χ1) is 11.0. The van der Waals surface area contributed by atoms with Gasteiger partial charge in [-0.15, -0.1) is 0 Å². The van der Waals surface area contributed by atoms with Gasteiger partial charge in [0.15, 0.2) is 0 Å². The van der Waals surface area contributed by atoms with E-state index in [1.807, 2.05) is 18.4 Å². The van der Waals surface area contributed by atoms with Gasteiger partial charge in [0.1, 0.15) is 0 Å². The summed E-state index contributed by atoms with van der Waals surface area (Å²) in [6, 6.07) is 0.236. The Balaban J connectivity index is 2.56. The molecule has 1 saturated carbocycles. The Bertz CT molecular complexity index is 393. The lowest BCUT2D eigenvalue weighted by Gasteiger charge is -2.33. The molecule has 0 saturated heterocycles. The van der Waals surface area contributed by atoms with Crippen molar-refractivity contribution in [1.82, 2.24) is 9.21 Å². The van der Waals surface area contributed by atoms with Gasteiger partial charge in [0, 0.05) is 12.6 Å². The summed E-state index contributed by atoms with van der Waals surface area (Å²) in [5.74, 6) is 0.302. The molecule has 0 aromatic carbocycles. The quantitative estimate of drug-likeness (QED) is 0.551. The van der Waals surface area contributed by atoms with Crippen LogP contribution in [0.2, 0.25) is 0 Å². The van der Waals surface area contributed by atoms with Crippen LogP contribution < -0.4 is 5.73 Å². The summed E-state index contributed by atoms with van der Waals surface area (Å²) in [7, 11) is 0.954. The first kappa shape index (κ1) is 20.9. The molecule has 0 bridgehead atoms. The van der Waals surface area contributed by atoms with Gasteiger partial charge in [0.05, 0.1) is 5.75 Å². The van der Waals surface area contributed by atoms with Gasteiger partial charge >= 0.3 is 0 Å². The van der Waals surface area contributed by atoms with Crippen molar-refractivity contribution in [3.8, 4) is 0 Å². The lowest BCUT2D eigenvalue weighted by Crippen LogP contribution is -2.43. The van der Waals surface area contributed by atoms with Crippen molar-refractivity contribution in [2.45, 2.75) is 70.3 Å². The molecule has 0 atom stereocenters. The van der Waals surface area contributed by atoms with Gasteiger partial charge in [-0.1, -0.05) is 32.1 Å². The van der Waals surface area contributed by atoms with Crippen LogP contribution in [-0.4, -0.2) is 63.1 Å². The van der Waals surface area contributed by atoms with E-state index in [2.05, 4.69) is 4.90 Å². The molecule has 5 nitrogen and oxygen atoms in total. The maximum Gasteiger partial charge on any atom is 0.214 e. The molecule has 0 aromatic rings. The Morgan fingerprint density at radius 3 is 2.17 bits per heavy atom. The molecule has 0 aromatic heterocycles. The van der Waals surface area contributed by atoms with Crippen LogP contribution in [0.3, 0.4) is 0 Å². The SMILES string of the molecule is CN(C)CCCN(C1CCCCC1)S(=O)(=O)CCCCCCN. The van der Waals surface area contributed by atoms with E-state index in [1.165, 1.54) is 19.3 Å². The highest BCUT2D eigenvalue weighted by molar-refractivity contribution is 7.89. The third-order valence-electron chi connectivity index (χ3n) is 4.68. The number of unbranched alkanes of at least 4 members (excludes halogenated alkanes) is 3. The van der Waals surface area contributed by atoms with Crippen molar-refractivity contribution in [2.75, 3.05) is 39.5 Å². The first-order valence-corrected chi connectivity index (χ1v) is 10.9. The molecular weight excluding hydrogens is 310 g/mol. The zero-order valence-electron chi connectivity index (χ0n) is 15.2. The molecule has 1 fully saturated rings. The average Bonchev–Trinajstić information content (AvgIpc) is 2.51. The van der Waals surface area contributed by atoms with Gasteiger partial charge in [-0.05, 0) is 59.3 Å². The summed E-state index contributed by atoms with van der Waals surface area (Å²) in [6.45, 7) is 2.31. The van der Waals surface area contributed by atoms with Crippen molar-refractivity contribution in [2.24, 2.45) is 5.73 Å². The normalized spacial score (nSPS) is 17.3. The second-order valence-corrected chi connectivity index (χ2v) is 9.12. The highest BCUT2D eigenvalue weighted by atomic mass is 32.2. The summed E-state index contributed by atoms with van der Waals surface area (Å²) >= 11 is 0. The van der Waals surface area contributed by atoms with Crippen molar-refractivity contribution in [3.05, 3.63) is 0 Å². The van der Waals surface area contributed by atoms with Crippen molar-refractivity contribution >= 4 is 10.0 Å². The van der Waals surface area contributed by atoms with Crippen LogP contribution in [0.1, 0.15) is 64.2 Å². The standard InChI is InChI=1S/C17H37N3O2S/c1-19(2)14-10-15-20(17-11-6-5-7-12-17)23(21,22)16-9-4-3-8-13-18/h17H,3-16,18H2,1-2H3. The van der Waals surface area contributed by atoms with E-state index in [4.69, 9.17) is 5.73 Å². The number of nitrogens with zero attached hydrogens (tertiary/aromatic N) is 2. The second kappa shape index (κ2) is 11.4. The monoisotopic (exact) mass is 347 g/mol. The molecule has 0 spiro atoms. The van der Waals surface area contributed by atoms with E-state index >= 15 is 0 Å². The van der Waals surface area contributed by atoms with E-state index in [1.54, 1.807) is 0 Å². The predicted octanol–water partition coefficient (Wildman–Crippen LogP) is 2.42. The molecule has 138 valence electrons. The average molecular weight is 348 g/mol. The summed E-state index contributed by atoms with van der Waals surface area (Å²) in [5, 5.41) is 0. The highest BCUT2D eigenvalue weighted by Crippen LogP contribution is 2.25. The van der Waals surface area contributed by atoms with Crippen LogP contribution in [-0.2, 0) is 10.0 Å². The Kier molecular flexibility index (Phi) is 10.3. The fourth-order valence-corrected chi connectivity index (χ4v) is 5.24. The Labute approximate surface area is 143 Å². The summed E-state index contributed by atoms with van der Waals surface area (Å²) in [5.41, 5.74) is 5.49. The molecule has 6 heteroatoms. The molecule has 0 unspecified atom stereocenters. The minimum Gasteiger partial charge on any atom is -0.330 e. The van der Waals surface area contributed by atoms with Crippen molar-refractivity contribution in [1.29, 1.82) is 0 Å². The summed E-state index contributed by atoms with van der Waals surface area (Å²) < 4.78 is 27.5. The summed E-state index contributed by atoms with van der Waals surface area (Å²) in [4.78, 5) is 2.12. The summed E-state index contributed by atoms with van der Waals surface area (Å²) in [6.07, 6.45) is 10.3. The van der Waals surface area contributed by atoms with Gasteiger partial charge in [-0.25, -0.2) is 8.42 Å². The zero-order valence-corrected chi connectivity index (χ0v) is 16.0. The van der Waals surface area contributed by atoms with E-state index in [-0.39, 0.29) is 6.04 Å². The lowest BCUT2D eigenvalue weighted by molar-refractivity contribution is 0.242. The minimum atomic E-state index is -3.12. The molecule has 1 aliphatic carbocycles. The van der Waals surface area contributed by atoms with Crippen molar-refractivity contribution < 1.29 is 8.42 Å². The van der Waals surface area contributed by atoms with Gasteiger partial charge in [-0.3, -0.25) is 0 Å². The lowest BCUT2D eigenvalue weighted by atomic mass is 9.95. The largest absolute Gasteiger partial charge is 0.330 e. The van der Waals surface area contributed by atoms with Crippen LogP contribution in [0.5, 0.6) is 0 Å². The van der Waals surface area contributed by atoms with Crippen LogP contribution in [0.4, 0.5) is 0 Å². The maximum atomic E-state index is 12.8. The van der Waals surface area contributed by atoms with Crippen LogP contribution in [0.25, 0.3) is 0 Å². The fraction of sp³-hybridized carbons (Fsp3) is 1.00. The van der Waals surface area contributed by atoms with E-state index in [9.17, 15) is 8.42 Å². The number of rotatable bonds is 12.